The molecule has 9 heteroatoms. The molecule has 3 aromatic heterocycles. The van der Waals surface area contributed by atoms with Gasteiger partial charge in [-0.15, -0.1) is 22.7 Å². The van der Waals surface area contributed by atoms with E-state index in [1.807, 2.05) is 31.2 Å². The third kappa shape index (κ3) is 4.21. The monoisotopic (exact) mass is 427 g/mol. The number of para-hydroxylation sites is 1. The molecule has 29 heavy (non-hydrogen) atoms. The fraction of sp³-hybridized carbons (Fsp3) is 0.300. The van der Waals surface area contributed by atoms with Crippen LogP contribution in [0, 0.1) is 6.92 Å². The van der Waals surface area contributed by atoms with Gasteiger partial charge in [-0.05, 0) is 31.0 Å². The maximum absolute atomic E-state index is 12.8. The summed E-state index contributed by atoms with van der Waals surface area (Å²) >= 11 is 2.98. The van der Waals surface area contributed by atoms with Crippen LogP contribution in [0.2, 0.25) is 0 Å². The molecule has 0 spiro atoms. The van der Waals surface area contributed by atoms with Crippen molar-refractivity contribution >= 4 is 54.8 Å². The lowest BCUT2D eigenvalue weighted by Crippen LogP contribution is -2.22. The summed E-state index contributed by atoms with van der Waals surface area (Å²) in [4.78, 5) is 27.6. The third-order valence-electron chi connectivity index (χ3n) is 4.49. The average Bonchev–Trinajstić information content (AvgIpc) is 3.30. The van der Waals surface area contributed by atoms with E-state index >= 15 is 0 Å². The number of anilines is 1. The first-order valence-electron chi connectivity index (χ1n) is 9.27. The fourth-order valence-electron chi connectivity index (χ4n) is 3.08. The highest BCUT2D eigenvalue weighted by atomic mass is 32.1. The molecule has 0 fully saturated rings. The lowest BCUT2D eigenvalue weighted by Gasteiger charge is -2.07. The van der Waals surface area contributed by atoms with Crippen LogP contribution in [-0.2, 0) is 11.3 Å². The van der Waals surface area contributed by atoms with E-state index in [0.29, 0.717) is 18.0 Å². The molecule has 0 unspecified atom stereocenters. The van der Waals surface area contributed by atoms with Gasteiger partial charge >= 0.3 is 0 Å². The molecule has 0 radical (unpaired) electrons. The van der Waals surface area contributed by atoms with Gasteiger partial charge in [0.1, 0.15) is 22.0 Å². The Labute approximate surface area is 176 Å². The molecule has 0 bridgehead atoms. The van der Waals surface area contributed by atoms with Gasteiger partial charge in [-0.3, -0.25) is 4.79 Å². The van der Waals surface area contributed by atoms with Crippen molar-refractivity contribution in [3.63, 3.8) is 0 Å². The predicted molar refractivity (Wildman–Crippen MR) is 118 cm³/mol. The molecular weight excluding hydrogens is 406 g/mol. The minimum absolute atomic E-state index is 0.116. The van der Waals surface area contributed by atoms with Crippen molar-refractivity contribution in [3.8, 4) is 0 Å². The number of hydrogen-bond donors (Lipinski definition) is 2. The molecule has 0 saturated carbocycles. The van der Waals surface area contributed by atoms with Gasteiger partial charge < -0.3 is 15.4 Å². The summed E-state index contributed by atoms with van der Waals surface area (Å²) in [5.74, 6) is 0.639. The van der Waals surface area contributed by atoms with Crippen LogP contribution in [0.4, 0.5) is 5.82 Å². The molecule has 150 valence electrons. The van der Waals surface area contributed by atoms with E-state index < -0.39 is 0 Å². The molecular formula is C20H21N5O2S2. The second-order valence-corrected chi connectivity index (χ2v) is 8.60. The number of benzene rings is 1. The van der Waals surface area contributed by atoms with Crippen LogP contribution >= 0.6 is 22.7 Å². The minimum atomic E-state index is -0.116. The topological polar surface area (TPSA) is 89.0 Å². The Morgan fingerprint density at radius 2 is 2.07 bits per heavy atom. The van der Waals surface area contributed by atoms with E-state index in [4.69, 9.17) is 4.74 Å². The minimum Gasteiger partial charge on any atom is -0.385 e. The van der Waals surface area contributed by atoms with Gasteiger partial charge in [0.05, 0.1) is 27.0 Å². The standard InChI is InChI=1S/C20H21N5O2S2/c1-12-16-18(21-8-5-9-27-2)23-11-24-20(16)29-17(12)19(26)22-10-15-25-13-6-3-4-7-14(13)28-15/h3-4,6-7,11H,5,8-10H2,1-2H3,(H,22,26)(H,21,23,24). The second-order valence-electron chi connectivity index (χ2n) is 6.49. The number of aryl methyl sites for hydroxylation is 1. The fourth-order valence-corrected chi connectivity index (χ4v) is 5.05. The van der Waals surface area contributed by atoms with Gasteiger partial charge in [0.15, 0.2) is 0 Å². The summed E-state index contributed by atoms with van der Waals surface area (Å²) in [5, 5.41) is 8.11. The van der Waals surface area contributed by atoms with E-state index in [1.165, 1.54) is 17.7 Å². The van der Waals surface area contributed by atoms with E-state index in [0.717, 1.165) is 49.8 Å². The van der Waals surface area contributed by atoms with Crippen molar-refractivity contribution in [2.24, 2.45) is 0 Å². The second kappa shape index (κ2) is 8.81. The number of hydrogen-bond acceptors (Lipinski definition) is 8. The van der Waals surface area contributed by atoms with Gasteiger partial charge in [-0.25, -0.2) is 15.0 Å². The average molecular weight is 428 g/mol. The number of thiazole rings is 1. The first-order chi connectivity index (χ1) is 14.2. The van der Waals surface area contributed by atoms with Crippen LogP contribution in [0.15, 0.2) is 30.6 Å². The van der Waals surface area contributed by atoms with Gasteiger partial charge in [-0.2, -0.15) is 0 Å². The van der Waals surface area contributed by atoms with Crippen LogP contribution < -0.4 is 10.6 Å². The number of fused-ring (bicyclic) bond motifs is 2. The first-order valence-corrected chi connectivity index (χ1v) is 10.9. The molecule has 1 amide bonds. The maximum atomic E-state index is 12.8. The van der Waals surface area contributed by atoms with E-state index in [-0.39, 0.29) is 5.91 Å². The molecule has 4 rings (SSSR count). The summed E-state index contributed by atoms with van der Waals surface area (Å²) < 4.78 is 6.20. The van der Waals surface area contributed by atoms with Crippen LogP contribution in [0.5, 0.6) is 0 Å². The molecule has 0 saturated heterocycles. The molecule has 4 aromatic rings. The van der Waals surface area contributed by atoms with Crippen molar-refractivity contribution < 1.29 is 9.53 Å². The largest absolute Gasteiger partial charge is 0.385 e. The van der Waals surface area contributed by atoms with E-state index in [1.54, 1.807) is 18.4 Å². The number of nitrogens with zero attached hydrogens (tertiary/aromatic N) is 3. The molecule has 3 heterocycles. The van der Waals surface area contributed by atoms with Gasteiger partial charge in [0.25, 0.3) is 5.91 Å². The zero-order valence-corrected chi connectivity index (χ0v) is 17.8. The number of amides is 1. The zero-order valence-electron chi connectivity index (χ0n) is 16.2. The molecule has 0 aliphatic heterocycles. The van der Waals surface area contributed by atoms with E-state index in [9.17, 15) is 4.79 Å². The number of methoxy groups -OCH3 is 1. The van der Waals surface area contributed by atoms with Crippen molar-refractivity contribution in [3.05, 3.63) is 46.0 Å². The van der Waals surface area contributed by atoms with Gasteiger partial charge in [-0.1, -0.05) is 12.1 Å². The molecule has 2 N–H and O–H groups in total. The number of aromatic nitrogens is 3. The number of nitrogens with one attached hydrogen (secondary N) is 2. The van der Waals surface area contributed by atoms with Crippen molar-refractivity contribution in [1.82, 2.24) is 20.3 Å². The van der Waals surface area contributed by atoms with Gasteiger partial charge in [0.2, 0.25) is 0 Å². The molecule has 0 aliphatic rings. The Kier molecular flexibility index (Phi) is 5.98. The summed E-state index contributed by atoms with van der Waals surface area (Å²) in [5.41, 5.74) is 1.85. The van der Waals surface area contributed by atoms with Crippen molar-refractivity contribution in [2.45, 2.75) is 19.9 Å². The molecule has 7 nitrogen and oxygen atoms in total. The van der Waals surface area contributed by atoms with Crippen LogP contribution in [0.25, 0.3) is 20.4 Å². The van der Waals surface area contributed by atoms with Crippen LogP contribution in [0.3, 0.4) is 0 Å². The Balaban J connectivity index is 1.50. The Morgan fingerprint density at radius 3 is 2.90 bits per heavy atom. The Bertz CT molecular complexity index is 1120. The number of thiophene rings is 1. The first kappa shape index (κ1) is 19.7. The summed E-state index contributed by atoms with van der Waals surface area (Å²) in [6, 6.07) is 7.97. The molecule has 0 aliphatic carbocycles. The number of rotatable bonds is 8. The van der Waals surface area contributed by atoms with E-state index in [2.05, 4.69) is 25.6 Å². The van der Waals surface area contributed by atoms with Crippen molar-refractivity contribution in [1.29, 1.82) is 0 Å². The lowest BCUT2D eigenvalue weighted by atomic mass is 10.2. The maximum Gasteiger partial charge on any atom is 0.262 e. The van der Waals surface area contributed by atoms with Gasteiger partial charge in [0, 0.05) is 20.3 Å². The lowest BCUT2D eigenvalue weighted by molar-refractivity contribution is 0.0954. The molecule has 0 atom stereocenters. The van der Waals surface area contributed by atoms with Crippen LogP contribution in [-0.4, -0.2) is 41.1 Å². The smallest absolute Gasteiger partial charge is 0.262 e. The Morgan fingerprint density at radius 1 is 1.21 bits per heavy atom. The number of carbonyl (C=O) groups excluding carboxylic acids is 1. The van der Waals surface area contributed by atoms with Crippen molar-refractivity contribution in [2.75, 3.05) is 25.6 Å². The predicted octanol–water partition coefficient (Wildman–Crippen LogP) is 3.99. The summed E-state index contributed by atoms with van der Waals surface area (Å²) in [6.45, 7) is 3.77. The SMILES string of the molecule is COCCCNc1ncnc2sc(C(=O)NCc3nc4ccccc4s3)c(C)c12. The highest BCUT2D eigenvalue weighted by Crippen LogP contribution is 2.33. The summed E-state index contributed by atoms with van der Waals surface area (Å²) in [6.07, 6.45) is 2.40. The normalized spacial score (nSPS) is 11.2. The quantitative estimate of drug-likeness (QED) is 0.413. The zero-order chi connectivity index (χ0) is 20.2. The third-order valence-corrected chi connectivity index (χ3v) is 6.72. The highest BCUT2D eigenvalue weighted by molar-refractivity contribution is 7.20. The molecule has 1 aromatic carbocycles. The Hall–Kier alpha value is -2.62. The summed E-state index contributed by atoms with van der Waals surface area (Å²) in [7, 11) is 1.69. The number of ether oxygens (including phenoxy) is 1. The number of carbonyl (C=O) groups is 1. The highest BCUT2D eigenvalue weighted by Gasteiger charge is 2.19. The van der Waals surface area contributed by atoms with Crippen LogP contribution in [0.1, 0.15) is 26.7 Å².